The van der Waals surface area contributed by atoms with E-state index in [2.05, 4.69) is 4.74 Å². The number of amides is 1. The summed E-state index contributed by atoms with van der Waals surface area (Å²) in [6.45, 7) is 3.98. The molecule has 2 aromatic rings. The highest BCUT2D eigenvalue weighted by Gasteiger charge is 2.41. The quantitative estimate of drug-likeness (QED) is 0.626. The number of carbonyl (C=O) groups is 1. The van der Waals surface area contributed by atoms with Gasteiger partial charge in [0.2, 0.25) is 5.91 Å². The van der Waals surface area contributed by atoms with Crippen LogP contribution >= 0.6 is 11.8 Å². The lowest BCUT2D eigenvalue weighted by Gasteiger charge is -2.27. The number of hydrogen-bond acceptors (Lipinski definition) is 5. The second-order valence-corrected chi connectivity index (χ2v) is 8.30. The summed E-state index contributed by atoms with van der Waals surface area (Å²) in [5.74, 6) is 0.862. The van der Waals surface area contributed by atoms with Gasteiger partial charge in [0.05, 0.1) is 25.0 Å². The smallest absolute Gasteiger partial charge is 0.496 e. The molecule has 2 unspecified atom stereocenters. The minimum Gasteiger partial charge on any atom is -0.496 e. The number of methoxy groups -OCH3 is 2. The van der Waals surface area contributed by atoms with E-state index in [4.69, 9.17) is 9.47 Å². The Balaban J connectivity index is 1.91. The number of nitrogens with zero attached hydrogens (tertiary/aromatic N) is 1. The molecule has 0 aliphatic carbocycles. The third-order valence-electron chi connectivity index (χ3n) is 4.69. The Hall–Kier alpha value is -2.55. The molecule has 0 saturated carbocycles. The van der Waals surface area contributed by atoms with Crippen LogP contribution in [0.5, 0.6) is 17.2 Å². The topological polar surface area (TPSA) is 48.0 Å². The summed E-state index contributed by atoms with van der Waals surface area (Å²) in [6, 6.07) is 9.27. The number of alkyl halides is 3. The van der Waals surface area contributed by atoms with Crippen LogP contribution in [0, 0.1) is 6.92 Å². The minimum atomic E-state index is -4.75. The molecule has 0 spiro atoms. The number of carbonyl (C=O) groups excluding carboxylic acids is 1. The Labute approximate surface area is 177 Å². The minimum absolute atomic E-state index is 0.0645. The van der Waals surface area contributed by atoms with E-state index in [1.807, 2.05) is 26.0 Å². The molecule has 0 N–H and O–H groups in total. The van der Waals surface area contributed by atoms with E-state index in [0.29, 0.717) is 17.1 Å². The van der Waals surface area contributed by atoms with E-state index in [1.54, 1.807) is 19.1 Å². The summed E-state index contributed by atoms with van der Waals surface area (Å²) in [4.78, 5) is 14.5. The molecule has 162 valence electrons. The van der Waals surface area contributed by atoms with E-state index in [0.717, 1.165) is 11.1 Å². The lowest BCUT2D eigenvalue weighted by Crippen LogP contribution is -2.30. The lowest BCUT2D eigenvalue weighted by atomic mass is 10.1. The Bertz CT molecular complexity index is 892. The van der Waals surface area contributed by atoms with E-state index in [9.17, 15) is 18.0 Å². The third kappa shape index (κ3) is 4.77. The molecule has 1 aliphatic rings. The van der Waals surface area contributed by atoms with Gasteiger partial charge in [-0.15, -0.1) is 24.9 Å². The van der Waals surface area contributed by atoms with Crippen molar-refractivity contribution in [2.45, 2.75) is 37.4 Å². The molecule has 1 aliphatic heterocycles. The molecule has 3 rings (SSSR count). The predicted octanol–water partition coefficient (Wildman–Crippen LogP) is 5.07. The van der Waals surface area contributed by atoms with E-state index < -0.39 is 6.36 Å². The Morgan fingerprint density at radius 2 is 1.63 bits per heavy atom. The molecule has 1 amide bonds. The van der Waals surface area contributed by atoms with Crippen LogP contribution in [0.2, 0.25) is 0 Å². The summed E-state index contributed by atoms with van der Waals surface area (Å²) in [7, 11) is 3.12. The van der Waals surface area contributed by atoms with Crippen molar-refractivity contribution < 1.29 is 32.2 Å². The molecule has 0 aromatic heterocycles. The molecule has 0 bridgehead atoms. The number of hydrogen-bond donors (Lipinski definition) is 0. The fourth-order valence-electron chi connectivity index (χ4n) is 3.37. The normalized spacial score (nSPS) is 19.2. The summed E-state index contributed by atoms with van der Waals surface area (Å²) >= 11 is 1.47. The number of halogens is 3. The molecule has 1 saturated heterocycles. The van der Waals surface area contributed by atoms with E-state index >= 15 is 0 Å². The number of aryl methyl sites for hydroxylation is 1. The maximum atomic E-state index is 12.9. The third-order valence-corrected chi connectivity index (χ3v) is 6.05. The molecule has 5 nitrogen and oxygen atoms in total. The second-order valence-electron chi connectivity index (χ2n) is 6.87. The van der Waals surface area contributed by atoms with Gasteiger partial charge in [-0.2, -0.15) is 0 Å². The Morgan fingerprint density at radius 3 is 2.13 bits per heavy atom. The summed E-state index contributed by atoms with van der Waals surface area (Å²) in [6.07, 6.45) is -4.75. The van der Waals surface area contributed by atoms with Gasteiger partial charge in [0, 0.05) is 6.54 Å². The van der Waals surface area contributed by atoms with Crippen LogP contribution in [-0.2, 0) is 11.3 Å². The molecular formula is C21H22F3NO4S. The van der Waals surface area contributed by atoms with Crippen molar-refractivity contribution >= 4 is 17.7 Å². The first-order valence-corrected chi connectivity index (χ1v) is 10.1. The number of rotatable bonds is 6. The molecular weight excluding hydrogens is 419 g/mol. The first-order chi connectivity index (χ1) is 14.1. The molecule has 30 heavy (non-hydrogen) atoms. The second kappa shape index (κ2) is 8.67. The van der Waals surface area contributed by atoms with Crippen molar-refractivity contribution in [3.63, 3.8) is 0 Å². The van der Waals surface area contributed by atoms with Crippen molar-refractivity contribution in [3.8, 4) is 17.2 Å². The van der Waals surface area contributed by atoms with Gasteiger partial charge < -0.3 is 19.1 Å². The number of thioether (sulfide) groups is 1. The van der Waals surface area contributed by atoms with Crippen LogP contribution in [0.4, 0.5) is 13.2 Å². The zero-order chi connectivity index (χ0) is 22.1. The van der Waals surface area contributed by atoms with Gasteiger partial charge in [-0.1, -0.05) is 12.1 Å². The zero-order valence-electron chi connectivity index (χ0n) is 16.9. The Kier molecular flexibility index (Phi) is 6.40. The van der Waals surface area contributed by atoms with Gasteiger partial charge in [-0.05, 0) is 49.2 Å². The average molecular weight is 441 g/mol. The molecule has 1 heterocycles. The van der Waals surface area contributed by atoms with Crippen molar-refractivity contribution in [2.24, 2.45) is 0 Å². The average Bonchev–Trinajstić information content (AvgIpc) is 2.95. The molecule has 0 radical (unpaired) electrons. The molecule has 2 aromatic carbocycles. The number of ether oxygens (including phenoxy) is 3. The lowest BCUT2D eigenvalue weighted by molar-refractivity contribution is -0.274. The van der Waals surface area contributed by atoms with Crippen LogP contribution in [0.15, 0.2) is 36.4 Å². The van der Waals surface area contributed by atoms with Crippen LogP contribution in [0.1, 0.15) is 29.0 Å². The first-order valence-electron chi connectivity index (χ1n) is 9.16. The maximum absolute atomic E-state index is 12.9. The van der Waals surface area contributed by atoms with Gasteiger partial charge in [0.1, 0.15) is 22.6 Å². The van der Waals surface area contributed by atoms with Gasteiger partial charge in [0.15, 0.2) is 0 Å². The van der Waals surface area contributed by atoms with Crippen molar-refractivity contribution in [2.75, 3.05) is 14.2 Å². The predicted molar refractivity (Wildman–Crippen MR) is 108 cm³/mol. The molecule has 2 atom stereocenters. The van der Waals surface area contributed by atoms with Gasteiger partial charge in [-0.25, -0.2) is 0 Å². The van der Waals surface area contributed by atoms with Gasteiger partial charge in [0.25, 0.3) is 0 Å². The standard InChI is InChI=1S/C21H22F3NO4S/c1-12-9-16(27-3)18(17(10-12)28-4)20-25(19(26)13(2)30-20)11-14-5-7-15(8-6-14)29-21(22,23)24/h5-10,13,20H,11H2,1-4H3. The molecule has 1 fully saturated rings. The monoisotopic (exact) mass is 441 g/mol. The van der Waals surface area contributed by atoms with Gasteiger partial charge in [-0.3, -0.25) is 4.79 Å². The summed E-state index contributed by atoms with van der Waals surface area (Å²) in [5, 5.41) is -0.636. The van der Waals surface area contributed by atoms with Crippen LogP contribution in [0.3, 0.4) is 0 Å². The van der Waals surface area contributed by atoms with Crippen LogP contribution in [-0.4, -0.2) is 36.6 Å². The van der Waals surface area contributed by atoms with E-state index in [-0.39, 0.29) is 28.8 Å². The fourth-order valence-corrected chi connectivity index (χ4v) is 4.70. The summed E-state index contributed by atoms with van der Waals surface area (Å²) in [5.41, 5.74) is 2.40. The summed E-state index contributed by atoms with van der Waals surface area (Å²) < 4.78 is 52.1. The maximum Gasteiger partial charge on any atom is 0.573 e. The van der Waals surface area contributed by atoms with Crippen LogP contribution < -0.4 is 14.2 Å². The highest BCUT2D eigenvalue weighted by Crippen LogP contribution is 2.50. The van der Waals surface area contributed by atoms with Gasteiger partial charge >= 0.3 is 6.36 Å². The fraction of sp³-hybridized carbons (Fsp3) is 0.381. The van der Waals surface area contributed by atoms with Crippen molar-refractivity contribution in [1.29, 1.82) is 0 Å². The van der Waals surface area contributed by atoms with E-state index in [1.165, 1.54) is 36.0 Å². The molecule has 9 heteroatoms. The zero-order valence-corrected chi connectivity index (χ0v) is 17.8. The van der Waals surface area contributed by atoms with Crippen LogP contribution in [0.25, 0.3) is 0 Å². The van der Waals surface area contributed by atoms with Crippen molar-refractivity contribution in [1.82, 2.24) is 4.90 Å². The largest absolute Gasteiger partial charge is 0.573 e. The van der Waals surface area contributed by atoms with Crippen molar-refractivity contribution in [3.05, 3.63) is 53.1 Å². The number of benzene rings is 2. The highest BCUT2D eigenvalue weighted by molar-refractivity contribution is 8.01. The Morgan fingerprint density at radius 1 is 1.07 bits per heavy atom. The highest BCUT2D eigenvalue weighted by atomic mass is 32.2. The SMILES string of the molecule is COc1cc(C)cc(OC)c1C1SC(C)C(=O)N1Cc1ccc(OC(F)(F)F)cc1. The first kappa shape index (κ1) is 22.1.